The van der Waals surface area contributed by atoms with Crippen molar-refractivity contribution >= 4 is 5.91 Å². The molecule has 0 saturated carbocycles. The molecule has 2 aromatic carbocycles. The summed E-state index contributed by atoms with van der Waals surface area (Å²) in [5.41, 5.74) is 1.73. The summed E-state index contributed by atoms with van der Waals surface area (Å²) in [6.45, 7) is 6.05. The molecule has 0 bridgehead atoms. The van der Waals surface area contributed by atoms with Crippen LogP contribution >= 0.6 is 0 Å². The Morgan fingerprint density at radius 2 is 1.82 bits per heavy atom. The lowest BCUT2D eigenvalue weighted by Crippen LogP contribution is -2.58. The van der Waals surface area contributed by atoms with Gasteiger partial charge in [-0.2, -0.15) is 0 Å². The van der Waals surface area contributed by atoms with E-state index in [1.165, 1.54) is 12.1 Å². The molecule has 2 unspecified atom stereocenters. The first-order valence-corrected chi connectivity index (χ1v) is 9.57. The molecule has 5 nitrogen and oxygen atoms in total. The molecule has 1 fully saturated rings. The van der Waals surface area contributed by atoms with Crippen LogP contribution in [0.25, 0.3) is 0 Å². The van der Waals surface area contributed by atoms with Gasteiger partial charge in [-0.1, -0.05) is 30.3 Å². The number of hydrogen-bond acceptors (Lipinski definition) is 4. The molecule has 0 aliphatic carbocycles. The van der Waals surface area contributed by atoms with Crippen LogP contribution in [0.3, 0.4) is 0 Å². The second-order valence-electron chi connectivity index (χ2n) is 7.35. The Labute approximate surface area is 165 Å². The maximum absolute atomic E-state index is 13.1. The summed E-state index contributed by atoms with van der Waals surface area (Å²) in [6.07, 6.45) is 0. The Morgan fingerprint density at radius 3 is 2.54 bits per heavy atom. The molecule has 150 valence electrons. The smallest absolute Gasteiger partial charge is 0.260 e. The summed E-state index contributed by atoms with van der Waals surface area (Å²) in [7, 11) is 0. The van der Waals surface area contributed by atoms with E-state index < -0.39 is 0 Å². The van der Waals surface area contributed by atoms with Gasteiger partial charge in [0.1, 0.15) is 11.6 Å². The minimum absolute atomic E-state index is 0.0496. The standard InChI is InChI=1S/C22H27FN2O3/c1-16-12-25(22(27)15-28-21-6-4-3-5-19(21)14-26)17(2)11-24(16)13-18-7-9-20(23)10-8-18/h3-10,16-17,26H,11-15H2,1-2H3. The fraction of sp³-hybridized carbons (Fsp3) is 0.409. The second kappa shape index (κ2) is 9.17. The van der Waals surface area contributed by atoms with Gasteiger partial charge in [-0.15, -0.1) is 0 Å². The van der Waals surface area contributed by atoms with Crippen molar-refractivity contribution < 1.29 is 19.0 Å². The number of benzene rings is 2. The van der Waals surface area contributed by atoms with Gasteiger partial charge in [-0.3, -0.25) is 9.69 Å². The molecule has 0 radical (unpaired) electrons. The molecule has 1 saturated heterocycles. The van der Waals surface area contributed by atoms with E-state index >= 15 is 0 Å². The van der Waals surface area contributed by atoms with Crippen LogP contribution in [0.1, 0.15) is 25.0 Å². The van der Waals surface area contributed by atoms with E-state index in [0.717, 1.165) is 18.7 Å². The highest BCUT2D eigenvalue weighted by molar-refractivity contribution is 5.78. The molecule has 2 aromatic rings. The SMILES string of the molecule is CC1CN(C(=O)COc2ccccc2CO)C(C)CN1Cc1ccc(F)cc1. The van der Waals surface area contributed by atoms with Crippen LogP contribution in [-0.2, 0) is 17.9 Å². The zero-order chi connectivity index (χ0) is 20.1. The molecule has 0 spiro atoms. The number of aliphatic hydroxyl groups is 1. The van der Waals surface area contributed by atoms with E-state index in [1.54, 1.807) is 24.3 Å². The highest BCUT2D eigenvalue weighted by atomic mass is 19.1. The van der Waals surface area contributed by atoms with Gasteiger partial charge in [-0.05, 0) is 37.6 Å². The molecule has 1 aliphatic rings. The Hall–Kier alpha value is -2.44. The Morgan fingerprint density at radius 1 is 1.11 bits per heavy atom. The van der Waals surface area contributed by atoms with Crippen LogP contribution in [-0.4, -0.2) is 52.6 Å². The Kier molecular flexibility index (Phi) is 6.65. The maximum Gasteiger partial charge on any atom is 0.260 e. The lowest BCUT2D eigenvalue weighted by Gasteiger charge is -2.44. The second-order valence-corrected chi connectivity index (χ2v) is 7.35. The normalized spacial score (nSPS) is 20.2. The number of halogens is 1. The largest absolute Gasteiger partial charge is 0.483 e. The number of amides is 1. The van der Waals surface area contributed by atoms with Crippen molar-refractivity contribution in [2.45, 2.75) is 39.1 Å². The number of piperazine rings is 1. The van der Waals surface area contributed by atoms with E-state index in [1.807, 2.05) is 24.0 Å². The molecule has 0 aromatic heterocycles. The van der Waals surface area contributed by atoms with Gasteiger partial charge in [0.15, 0.2) is 6.61 Å². The number of ether oxygens (including phenoxy) is 1. The average Bonchev–Trinajstić information content (AvgIpc) is 2.70. The zero-order valence-electron chi connectivity index (χ0n) is 16.3. The van der Waals surface area contributed by atoms with E-state index in [2.05, 4.69) is 11.8 Å². The van der Waals surface area contributed by atoms with Gasteiger partial charge in [0.05, 0.1) is 6.61 Å². The van der Waals surface area contributed by atoms with Crippen LogP contribution in [0.5, 0.6) is 5.75 Å². The van der Waals surface area contributed by atoms with Gasteiger partial charge in [0, 0.05) is 37.3 Å². The molecule has 2 atom stereocenters. The fourth-order valence-electron chi connectivity index (χ4n) is 3.59. The quantitative estimate of drug-likeness (QED) is 0.830. The minimum atomic E-state index is -0.233. The molecule has 1 aliphatic heterocycles. The third kappa shape index (κ3) is 4.88. The average molecular weight is 386 g/mol. The molecule has 6 heteroatoms. The summed E-state index contributed by atoms with van der Waals surface area (Å²) < 4.78 is 18.8. The van der Waals surface area contributed by atoms with Gasteiger partial charge < -0.3 is 14.7 Å². The van der Waals surface area contributed by atoms with Crippen LogP contribution in [0, 0.1) is 5.82 Å². The highest BCUT2D eigenvalue weighted by Crippen LogP contribution is 2.20. The first-order valence-electron chi connectivity index (χ1n) is 9.57. The van der Waals surface area contributed by atoms with E-state index in [4.69, 9.17) is 4.74 Å². The van der Waals surface area contributed by atoms with Crippen molar-refractivity contribution in [2.24, 2.45) is 0 Å². The third-order valence-electron chi connectivity index (χ3n) is 5.23. The van der Waals surface area contributed by atoms with Gasteiger partial charge in [0.25, 0.3) is 5.91 Å². The van der Waals surface area contributed by atoms with Crippen LogP contribution in [0.2, 0.25) is 0 Å². The summed E-state index contributed by atoms with van der Waals surface area (Å²) in [6, 6.07) is 14.0. The molecule has 1 heterocycles. The Balaban J connectivity index is 1.57. The summed E-state index contributed by atoms with van der Waals surface area (Å²) in [5, 5.41) is 9.37. The minimum Gasteiger partial charge on any atom is -0.483 e. The van der Waals surface area contributed by atoms with Crippen molar-refractivity contribution in [3.63, 3.8) is 0 Å². The number of hydrogen-bond donors (Lipinski definition) is 1. The highest BCUT2D eigenvalue weighted by Gasteiger charge is 2.32. The first-order chi connectivity index (χ1) is 13.5. The summed E-state index contributed by atoms with van der Waals surface area (Å²) in [5.74, 6) is 0.242. The van der Waals surface area contributed by atoms with Crippen molar-refractivity contribution in [3.8, 4) is 5.75 Å². The third-order valence-corrected chi connectivity index (χ3v) is 5.23. The molecule has 28 heavy (non-hydrogen) atoms. The van der Waals surface area contributed by atoms with Crippen molar-refractivity contribution in [1.82, 2.24) is 9.80 Å². The molecular formula is C22H27FN2O3. The fourth-order valence-corrected chi connectivity index (χ4v) is 3.59. The van der Waals surface area contributed by atoms with Crippen molar-refractivity contribution in [1.29, 1.82) is 0 Å². The zero-order valence-corrected chi connectivity index (χ0v) is 16.3. The van der Waals surface area contributed by atoms with Crippen molar-refractivity contribution in [2.75, 3.05) is 19.7 Å². The van der Waals surface area contributed by atoms with E-state index in [0.29, 0.717) is 17.9 Å². The van der Waals surface area contributed by atoms with Crippen molar-refractivity contribution in [3.05, 3.63) is 65.5 Å². The number of carbonyl (C=O) groups excluding carboxylic acids is 1. The monoisotopic (exact) mass is 386 g/mol. The predicted molar refractivity (Wildman–Crippen MR) is 105 cm³/mol. The Bertz CT molecular complexity index is 797. The number of rotatable bonds is 6. The summed E-state index contributed by atoms with van der Waals surface area (Å²) in [4.78, 5) is 16.9. The number of aliphatic hydroxyl groups excluding tert-OH is 1. The van der Waals surface area contributed by atoms with E-state index in [9.17, 15) is 14.3 Å². The predicted octanol–water partition coefficient (Wildman–Crippen LogP) is 2.82. The topological polar surface area (TPSA) is 53.0 Å². The molecule has 3 rings (SSSR count). The lowest BCUT2D eigenvalue weighted by molar-refractivity contribution is -0.139. The van der Waals surface area contributed by atoms with Crippen LogP contribution < -0.4 is 4.74 Å². The molecule has 1 N–H and O–H groups in total. The van der Waals surface area contributed by atoms with Gasteiger partial charge in [-0.25, -0.2) is 4.39 Å². The maximum atomic E-state index is 13.1. The van der Waals surface area contributed by atoms with Gasteiger partial charge in [0.2, 0.25) is 0 Å². The number of para-hydroxylation sites is 1. The van der Waals surface area contributed by atoms with Crippen LogP contribution in [0.15, 0.2) is 48.5 Å². The molecular weight excluding hydrogens is 359 g/mol. The lowest BCUT2D eigenvalue weighted by atomic mass is 10.1. The van der Waals surface area contributed by atoms with E-state index in [-0.39, 0.29) is 37.0 Å². The summed E-state index contributed by atoms with van der Waals surface area (Å²) >= 11 is 0. The van der Waals surface area contributed by atoms with Crippen LogP contribution in [0.4, 0.5) is 4.39 Å². The number of nitrogens with zero attached hydrogens (tertiary/aromatic N) is 2. The van der Waals surface area contributed by atoms with Gasteiger partial charge >= 0.3 is 0 Å². The first kappa shape index (κ1) is 20.3. The number of carbonyl (C=O) groups is 1. The molecule has 1 amide bonds.